The summed E-state index contributed by atoms with van der Waals surface area (Å²) in [6.07, 6.45) is 0.373. The van der Waals surface area contributed by atoms with Gasteiger partial charge in [-0.1, -0.05) is 50.2 Å². The zero-order valence-corrected chi connectivity index (χ0v) is 14.7. The van der Waals surface area contributed by atoms with E-state index < -0.39 is 17.9 Å². The molecule has 5 nitrogen and oxygen atoms in total. The largest absolute Gasteiger partial charge is 0.496 e. The van der Waals surface area contributed by atoms with Crippen molar-refractivity contribution in [3.8, 4) is 16.9 Å². The van der Waals surface area contributed by atoms with Crippen LogP contribution in [0.25, 0.3) is 11.1 Å². The molecule has 2 N–H and O–H groups in total. The molecular weight excluding hydrogens is 318 g/mol. The van der Waals surface area contributed by atoms with Gasteiger partial charge in [-0.3, -0.25) is 4.79 Å². The van der Waals surface area contributed by atoms with Crippen molar-refractivity contribution >= 4 is 11.9 Å². The van der Waals surface area contributed by atoms with Crippen molar-refractivity contribution in [1.82, 2.24) is 5.32 Å². The van der Waals surface area contributed by atoms with E-state index in [0.717, 1.165) is 5.56 Å². The molecule has 0 aromatic heterocycles. The van der Waals surface area contributed by atoms with Crippen molar-refractivity contribution in [3.63, 3.8) is 0 Å². The minimum absolute atomic E-state index is 0.158. The second-order valence-electron chi connectivity index (χ2n) is 6.24. The van der Waals surface area contributed by atoms with Crippen LogP contribution in [0.4, 0.5) is 0 Å². The Kier molecular flexibility index (Phi) is 6.17. The number of carbonyl (C=O) groups excluding carboxylic acids is 1. The minimum atomic E-state index is -1.03. The number of para-hydroxylation sites is 1. The third-order valence-corrected chi connectivity index (χ3v) is 3.88. The zero-order chi connectivity index (χ0) is 18.4. The highest BCUT2D eigenvalue weighted by Gasteiger charge is 2.23. The number of hydrogen-bond donors (Lipinski definition) is 2. The van der Waals surface area contributed by atoms with Crippen molar-refractivity contribution in [3.05, 3.63) is 54.1 Å². The molecule has 0 bridgehead atoms. The first kappa shape index (κ1) is 18.5. The monoisotopic (exact) mass is 341 g/mol. The summed E-state index contributed by atoms with van der Waals surface area (Å²) in [6, 6.07) is 13.6. The Morgan fingerprint density at radius 3 is 2.24 bits per heavy atom. The van der Waals surface area contributed by atoms with Crippen molar-refractivity contribution < 1.29 is 19.4 Å². The summed E-state index contributed by atoms with van der Waals surface area (Å²) >= 11 is 0. The van der Waals surface area contributed by atoms with Gasteiger partial charge in [0.25, 0.3) is 5.91 Å². The lowest BCUT2D eigenvalue weighted by molar-refractivity contribution is -0.139. The zero-order valence-electron chi connectivity index (χ0n) is 14.7. The fraction of sp³-hybridized carbons (Fsp3) is 0.300. The van der Waals surface area contributed by atoms with Gasteiger partial charge in [0.1, 0.15) is 11.8 Å². The molecule has 0 aliphatic carbocycles. The first-order valence-corrected chi connectivity index (χ1v) is 8.20. The second-order valence-corrected chi connectivity index (χ2v) is 6.24. The van der Waals surface area contributed by atoms with Crippen LogP contribution in [0.5, 0.6) is 5.75 Å². The van der Waals surface area contributed by atoms with Gasteiger partial charge in [-0.2, -0.15) is 0 Å². The number of amides is 1. The molecule has 0 saturated carbocycles. The van der Waals surface area contributed by atoms with Crippen LogP contribution in [0.3, 0.4) is 0 Å². The van der Waals surface area contributed by atoms with E-state index in [-0.39, 0.29) is 5.92 Å². The number of benzene rings is 2. The fourth-order valence-electron chi connectivity index (χ4n) is 2.71. The van der Waals surface area contributed by atoms with Gasteiger partial charge in [-0.15, -0.1) is 0 Å². The van der Waals surface area contributed by atoms with Crippen molar-refractivity contribution in [2.24, 2.45) is 5.92 Å². The first-order chi connectivity index (χ1) is 11.9. The van der Waals surface area contributed by atoms with Crippen LogP contribution in [0.15, 0.2) is 48.5 Å². The van der Waals surface area contributed by atoms with Crippen LogP contribution in [0.1, 0.15) is 30.6 Å². The summed E-state index contributed by atoms with van der Waals surface area (Å²) in [6.45, 7) is 3.84. The topological polar surface area (TPSA) is 75.6 Å². The number of hydrogen-bond acceptors (Lipinski definition) is 3. The third-order valence-electron chi connectivity index (χ3n) is 3.88. The second kappa shape index (κ2) is 8.33. The summed E-state index contributed by atoms with van der Waals surface area (Å²) in [5, 5.41) is 12.0. The number of rotatable bonds is 7. The van der Waals surface area contributed by atoms with Crippen LogP contribution >= 0.6 is 0 Å². The van der Waals surface area contributed by atoms with Crippen LogP contribution in [0.2, 0.25) is 0 Å². The maximum atomic E-state index is 12.7. The number of carbonyl (C=O) groups is 2. The Morgan fingerprint density at radius 2 is 1.64 bits per heavy atom. The molecular formula is C20H23NO4. The standard InChI is InChI=1S/C20H23NO4/c1-13(2)12-17(20(23)24)21-19(22)16-10-5-4-8-14(16)15-9-6-7-11-18(15)25-3/h4-11,13,17H,12H2,1-3H3,(H,21,22)(H,23,24)/t17-/m1/s1. The van der Waals surface area contributed by atoms with E-state index in [2.05, 4.69) is 5.32 Å². The lowest BCUT2D eigenvalue weighted by Crippen LogP contribution is -2.41. The van der Waals surface area contributed by atoms with Gasteiger partial charge in [0.15, 0.2) is 0 Å². The molecule has 1 atom stereocenters. The summed E-state index contributed by atoms with van der Waals surface area (Å²) in [5.41, 5.74) is 1.90. The Labute approximate surface area is 147 Å². The molecule has 25 heavy (non-hydrogen) atoms. The summed E-state index contributed by atoms with van der Waals surface area (Å²) in [7, 11) is 1.57. The molecule has 0 unspecified atom stereocenters. The van der Waals surface area contributed by atoms with Gasteiger partial charge in [-0.25, -0.2) is 4.79 Å². The van der Waals surface area contributed by atoms with Gasteiger partial charge >= 0.3 is 5.97 Å². The molecule has 132 valence electrons. The smallest absolute Gasteiger partial charge is 0.326 e. The highest BCUT2D eigenvalue weighted by molar-refractivity contribution is 6.02. The lowest BCUT2D eigenvalue weighted by Gasteiger charge is -2.18. The molecule has 0 fully saturated rings. The van der Waals surface area contributed by atoms with Gasteiger partial charge in [0.2, 0.25) is 0 Å². The Balaban J connectivity index is 2.37. The minimum Gasteiger partial charge on any atom is -0.496 e. The van der Waals surface area contributed by atoms with E-state index >= 15 is 0 Å². The summed E-state index contributed by atoms with van der Waals surface area (Å²) in [5.74, 6) is -0.628. The summed E-state index contributed by atoms with van der Waals surface area (Å²) in [4.78, 5) is 24.1. The maximum absolute atomic E-state index is 12.7. The normalized spacial score (nSPS) is 11.8. The first-order valence-electron chi connectivity index (χ1n) is 8.20. The van der Waals surface area contributed by atoms with E-state index in [1.165, 1.54) is 0 Å². The molecule has 0 aliphatic heterocycles. The molecule has 2 aromatic carbocycles. The number of ether oxygens (including phenoxy) is 1. The van der Waals surface area contributed by atoms with Gasteiger partial charge < -0.3 is 15.2 Å². The third kappa shape index (κ3) is 4.59. The molecule has 5 heteroatoms. The lowest BCUT2D eigenvalue weighted by atomic mass is 9.97. The van der Waals surface area contributed by atoms with Crippen molar-refractivity contribution in [2.75, 3.05) is 7.11 Å². The van der Waals surface area contributed by atoms with Crippen molar-refractivity contribution in [2.45, 2.75) is 26.3 Å². The predicted molar refractivity (Wildman–Crippen MR) is 96.8 cm³/mol. The number of methoxy groups -OCH3 is 1. The van der Waals surface area contributed by atoms with Gasteiger partial charge in [-0.05, 0) is 30.0 Å². The average Bonchev–Trinajstić information content (AvgIpc) is 2.60. The van der Waals surface area contributed by atoms with Crippen LogP contribution < -0.4 is 10.1 Å². The fourth-order valence-corrected chi connectivity index (χ4v) is 2.71. The highest BCUT2D eigenvalue weighted by Crippen LogP contribution is 2.32. The Bertz CT molecular complexity index is 755. The van der Waals surface area contributed by atoms with Gasteiger partial charge in [0.05, 0.1) is 7.11 Å². The molecule has 1 amide bonds. The van der Waals surface area contributed by atoms with Gasteiger partial charge in [0, 0.05) is 11.1 Å². The van der Waals surface area contributed by atoms with E-state index in [1.54, 1.807) is 19.2 Å². The summed E-state index contributed by atoms with van der Waals surface area (Å²) < 4.78 is 5.38. The number of carboxylic acid groups (broad SMARTS) is 1. The average molecular weight is 341 g/mol. The van der Waals surface area contributed by atoms with E-state index in [9.17, 15) is 14.7 Å². The van der Waals surface area contributed by atoms with Crippen molar-refractivity contribution in [1.29, 1.82) is 0 Å². The Morgan fingerprint density at radius 1 is 1.04 bits per heavy atom. The van der Waals surface area contributed by atoms with E-state index in [1.807, 2.05) is 50.2 Å². The van der Waals surface area contributed by atoms with Crippen LogP contribution in [-0.2, 0) is 4.79 Å². The quantitative estimate of drug-likeness (QED) is 0.807. The predicted octanol–water partition coefficient (Wildman–Crippen LogP) is 3.59. The molecule has 0 radical (unpaired) electrons. The number of aliphatic carboxylic acids is 1. The molecule has 0 saturated heterocycles. The SMILES string of the molecule is COc1ccccc1-c1ccccc1C(=O)N[C@H](CC(C)C)C(=O)O. The molecule has 2 aromatic rings. The molecule has 0 aliphatic rings. The Hall–Kier alpha value is -2.82. The molecule has 2 rings (SSSR count). The number of nitrogens with one attached hydrogen (secondary N) is 1. The van der Waals surface area contributed by atoms with E-state index in [4.69, 9.17) is 4.74 Å². The number of carboxylic acids is 1. The highest BCUT2D eigenvalue weighted by atomic mass is 16.5. The van der Waals surface area contributed by atoms with Crippen LogP contribution in [0, 0.1) is 5.92 Å². The van der Waals surface area contributed by atoms with E-state index in [0.29, 0.717) is 23.3 Å². The maximum Gasteiger partial charge on any atom is 0.326 e. The molecule has 0 heterocycles. The molecule has 0 spiro atoms. The van der Waals surface area contributed by atoms with Crippen LogP contribution in [-0.4, -0.2) is 30.1 Å².